The molecule has 6 nitrogen and oxygen atoms in total. The van der Waals surface area contributed by atoms with E-state index in [1.54, 1.807) is 24.3 Å². The second kappa shape index (κ2) is 7.87. The molecule has 1 atom stereocenters. The Balaban J connectivity index is 2.45. The van der Waals surface area contributed by atoms with Crippen LogP contribution in [-0.2, 0) is 13.8 Å². The minimum atomic E-state index is -3.28. The zero-order valence-corrected chi connectivity index (χ0v) is 11.1. The number of rotatable bonds is 8. The molecule has 1 rings (SSSR count). The molecule has 18 heavy (non-hydrogen) atoms. The summed E-state index contributed by atoms with van der Waals surface area (Å²) in [4.78, 5) is 3.76. The van der Waals surface area contributed by atoms with Crippen LogP contribution in [-0.4, -0.2) is 32.9 Å². The normalized spacial score (nSPS) is 14.5. The molecule has 0 spiro atoms. The Morgan fingerprint density at radius 2 is 2.11 bits per heavy atom. The number of aliphatic imine (C=N–C) groups is 1. The fourth-order valence-corrected chi connectivity index (χ4v) is 2.15. The fourth-order valence-electron chi connectivity index (χ4n) is 1.13. The summed E-state index contributed by atoms with van der Waals surface area (Å²) >= 11 is 0. The Kier molecular flexibility index (Phi) is 6.43. The van der Waals surface area contributed by atoms with E-state index in [0.29, 0.717) is 18.9 Å². The van der Waals surface area contributed by atoms with Gasteiger partial charge in [-0.15, -0.1) is 0 Å². The highest BCUT2D eigenvalue weighted by molar-refractivity contribution is 7.54. The second-order valence-electron chi connectivity index (χ2n) is 3.29. The Hall–Kier alpha value is -1.36. The van der Waals surface area contributed by atoms with Crippen LogP contribution in [0.5, 0.6) is 5.75 Å². The van der Waals surface area contributed by atoms with Crippen molar-refractivity contribution in [3.05, 3.63) is 30.3 Å². The molecule has 0 aliphatic heterocycles. The molecule has 0 saturated heterocycles. The Morgan fingerprint density at radius 3 is 2.72 bits per heavy atom. The lowest BCUT2D eigenvalue weighted by molar-refractivity contribution is 0.160. The highest BCUT2D eigenvalue weighted by atomic mass is 31.2. The van der Waals surface area contributed by atoms with Crippen LogP contribution in [0.25, 0.3) is 0 Å². The molecule has 0 amide bonds. The molecule has 0 heterocycles. The monoisotopic (exact) mass is 272 g/mol. The van der Waals surface area contributed by atoms with E-state index in [4.69, 9.17) is 19.5 Å². The maximum atomic E-state index is 12.2. The van der Waals surface area contributed by atoms with Gasteiger partial charge in [0.1, 0.15) is 5.75 Å². The minimum Gasteiger partial charge on any atom is -0.423 e. The molecule has 0 saturated carbocycles. The van der Waals surface area contributed by atoms with Crippen LogP contribution in [0.1, 0.15) is 0 Å². The summed E-state index contributed by atoms with van der Waals surface area (Å²) in [7, 11) is -1.95. The first-order valence-corrected chi connectivity index (χ1v) is 7.10. The summed E-state index contributed by atoms with van der Waals surface area (Å²) < 4.78 is 27.5. The third kappa shape index (κ3) is 5.31. The maximum Gasteiger partial charge on any atom is 0.404 e. The molecule has 1 unspecified atom stereocenters. The van der Waals surface area contributed by atoms with Crippen molar-refractivity contribution in [2.45, 2.75) is 0 Å². The van der Waals surface area contributed by atoms with E-state index in [1.165, 1.54) is 13.4 Å². The molecule has 1 aromatic carbocycles. The summed E-state index contributed by atoms with van der Waals surface area (Å²) in [5.74, 6) is 0.478. The number of benzene rings is 1. The minimum absolute atomic E-state index is 0.127. The van der Waals surface area contributed by atoms with Crippen molar-refractivity contribution in [2.75, 3.05) is 26.6 Å². The first kappa shape index (κ1) is 14.7. The number of nitrogens with zero attached hydrogens (tertiary/aromatic N) is 1. The summed E-state index contributed by atoms with van der Waals surface area (Å²) in [6.07, 6.45) is 1.07. The lowest BCUT2D eigenvalue weighted by atomic mass is 10.3. The third-order valence-corrected chi connectivity index (χ3v) is 3.53. The number of hydrogen-bond acceptors (Lipinski definition) is 5. The average molecular weight is 272 g/mol. The smallest absolute Gasteiger partial charge is 0.404 e. The average Bonchev–Trinajstić information content (AvgIpc) is 2.40. The van der Waals surface area contributed by atoms with Gasteiger partial charge in [0.05, 0.1) is 19.5 Å². The van der Waals surface area contributed by atoms with Gasteiger partial charge in [-0.25, -0.2) is 4.57 Å². The second-order valence-corrected chi connectivity index (χ2v) is 5.32. The van der Waals surface area contributed by atoms with E-state index in [1.807, 2.05) is 6.07 Å². The van der Waals surface area contributed by atoms with Gasteiger partial charge in [-0.1, -0.05) is 18.2 Å². The van der Waals surface area contributed by atoms with Gasteiger partial charge < -0.3 is 19.5 Å². The van der Waals surface area contributed by atoms with Gasteiger partial charge in [0.25, 0.3) is 0 Å². The molecule has 0 aromatic heterocycles. The van der Waals surface area contributed by atoms with Crippen molar-refractivity contribution in [1.29, 1.82) is 0 Å². The molecular formula is C11H17N2O4P. The molecule has 0 bridgehead atoms. The van der Waals surface area contributed by atoms with Gasteiger partial charge >= 0.3 is 7.60 Å². The largest absolute Gasteiger partial charge is 0.423 e. The molecule has 0 fully saturated rings. The third-order valence-electron chi connectivity index (χ3n) is 1.99. The first-order chi connectivity index (χ1) is 8.70. The quantitative estimate of drug-likeness (QED) is 0.338. The van der Waals surface area contributed by atoms with Gasteiger partial charge in [-0.3, -0.25) is 4.99 Å². The SMILES string of the molecule is COP(=O)(COCCN=CN)Oc1ccccc1. The van der Waals surface area contributed by atoms with Crippen molar-refractivity contribution in [3.63, 3.8) is 0 Å². The lowest BCUT2D eigenvalue weighted by Gasteiger charge is -2.16. The molecule has 1 aromatic rings. The van der Waals surface area contributed by atoms with Crippen LogP contribution in [0.4, 0.5) is 0 Å². The zero-order chi connectivity index (χ0) is 13.3. The molecule has 100 valence electrons. The predicted octanol–water partition coefficient (Wildman–Crippen LogP) is 1.87. The van der Waals surface area contributed by atoms with Gasteiger partial charge in [-0.05, 0) is 12.1 Å². The number of hydrogen-bond donors (Lipinski definition) is 1. The molecule has 2 N–H and O–H groups in total. The van der Waals surface area contributed by atoms with E-state index in [2.05, 4.69) is 4.99 Å². The molecule has 7 heteroatoms. The Morgan fingerprint density at radius 1 is 1.39 bits per heavy atom. The van der Waals surface area contributed by atoms with Crippen LogP contribution >= 0.6 is 7.60 Å². The summed E-state index contributed by atoms with van der Waals surface area (Å²) in [6, 6.07) is 8.80. The van der Waals surface area contributed by atoms with Crippen LogP contribution in [0.15, 0.2) is 35.3 Å². The number of nitrogens with two attached hydrogens (primary N) is 1. The zero-order valence-electron chi connectivity index (χ0n) is 10.2. The summed E-state index contributed by atoms with van der Waals surface area (Å²) in [6.45, 7) is 0.713. The van der Waals surface area contributed by atoms with Gasteiger partial charge in [-0.2, -0.15) is 0 Å². The maximum absolute atomic E-state index is 12.2. The highest BCUT2D eigenvalue weighted by Gasteiger charge is 2.24. The van der Waals surface area contributed by atoms with Gasteiger partial charge in [0, 0.05) is 7.11 Å². The van der Waals surface area contributed by atoms with E-state index in [0.717, 1.165) is 0 Å². The van der Waals surface area contributed by atoms with E-state index >= 15 is 0 Å². The number of ether oxygens (including phenoxy) is 1. The van der Waals surface area contributed by atoms with E-state index in [-0.39, 0.29) is 6.35 Å². The van der Waals surface area contributed by atoms with Crippen LogP contribution in [0.2, 0.25) is 0 Å². The van der Waals surface area contributed by atoms with Crippen molar-refractivity contribution in [1.82, 2.24) is 0 Å². The van der Waals surface area contributed by atoms with Crippen molar-refractivity contribution >= 4 is 13.9 Å². The standard InChI is InChI=1S/C11H17N2O4P/c1-15-18(14,10-16-8-7-13-9-12)17-11-5-3-2-4-6-11/h2-6,9H,7-8,10H2,1H3,(H2,12,13). The molecule has 0 aliphatic rings. The Labute approximate surface area is 106 Å². The molecule has 0 aliphatic carbocycles. The van der Waals surface area contributed by atoms with Crippen molar-refractivity contribution in [3.8, 4) is 5.75 Å². The first-order valence-electron chi connectivity index (χ1n) is 5.37. The van der Waals surface area contributed by atoms with Crippen LogP contribution in [0, 0.1) is 0 Å². The van der Waals surface area contributed by atoms with Crippen LogP contribution in [0.3, 0.4) is 0 Å². The number of para-hydroxylation sites is 1. The van der Waals surface area contributed by atoms with Crippen molar-refractivity contribution < 1.29 is 18.3 Å². The van der Waals surface area contributed by atoms with Gasteiger partial charge in [0.15, 0.2) is 6.35 Å². The highest BCUT2D eigenvalue weighted by Crippen LogP contribution is 2.47. The van der Waals surface area contributed by atoms with Gasteiger partial charge in [0.2, 0.25) is 0 Å². The fraction of sp³-hybridized carbons (Fsp3) is 0.364. The summed E-state index contributed by atoms with van der Waals surface area (Å²) in [5.41, 5.74) is 5.07. The van der Waals surface area contributed by atoms with E-state index < -0.39 is 7.60 Å². The predicted molar refractivity (Wildman–Crippen MR) is 70.1 cm³/mol. The Bertz CT molecular complexity index is 411. The summed E-state index contributed by atoms with van der Waals surface area (Å²) in [5, 5.41) is 0. The van der Waals surface area contributed by atoms with Crippen molar-refractivity contribution in [2.24, 2.45) is 10.7 Å². The topological polar surface area (TPSA) is 83.1 Å². The van der Waals surface area contributed by atoms with E-state index in [9.17, 15) is 4.57 Å². The molecule has 0 radical (unpaired) electrons. The van der Waals surface area contributed by atoms with Crippen LogP contribution < -0.4 is 10.3 Å². The molecular weight excluding hydrogens is 255 g/mol. The lowest BCUT2D eigenvalue weighted by Crippen LogP contribution is -2.06.